The molecule has 0 unspecified atom stereocenters. The highest BCUT2D eigenvalue weighted by Crippen LogP contribution is 2.30. The molecule has 1 aliphatic rings. The summed E-state index contributed by atoms with van der Waals surface area (Å²) >= 11 is 6.07. The van der Waals surface area contributed by atoms with Gasteiger partial charge in [-0.05, 0) is 49.6 Å². The summed E-state index contributed by atoms with van der Waals surface area (Å²) in [5.74, 6) is -0.414. The Morgan fingerprint density at radius 2 is 1.83 bits per heavy atom. The predicted molar refractivity (Wildman–Crippen MR) is 114 cm³/mol. The Hall–Kier alpha value is -2.13. The Kier molecular flexibility index (Phi) is 6.79. The van der Waals surface area contributed by atoms with Gasteiger partial charge in [-0.2, -0.15) is 0 Å². The summed E-state index contributed by atoms with van der Waals surface area (Å²) in [6.45, 7) is 1.89. The van der Waals surface area contributed by atoms with Crippen molar-refractivity contribution in [1.29, 1.82) is 0 Å². The van der Waals surface area contributed by atoms with Crippen LogP contribution in [-0.2, 0) is 14.9 Å². The zero-order chi connectivity index (χ0) is 21.0. The van der Waals surface area contributed by atoms with E-state index >= 15 is 0 Å². The Morgan fingerprint density at radius 1 is 1.14 bits per heavy atom. The number of sulfonamides is 1. The molecule has 3 rings (SSSR count). The van der Waals surface area contributed by atoms with Crippen molar-refractivity contribution in [2.24, 2.45) is 0 Å². The minimum atomic E-state index is -3.98. The van der Waals surface area contributed by atoms with Crippen molar-refractivity contribution in [2.75, 3.05) is 37.5 Å². The molecule has 0 aliphatic carbocycles. The number of hydroxylamine groups is 1. The first-order valence-electron chi connectivity index (χ1n) is 9.32. The molecule has 1 saturated heterocycles. The van der Waals surface area contributed by atoms with Gasteiger partial charge in [0.25, 0.3) is 15.9 Å². The molecular formula is C20H24ClN3O4S. The Bertz CT molecular complexity index is 991. The molecule has 0 radical (unpaired) electrons. The van der Waals surface area contributed by atoms with Crippen LogP contribution < -0.4 is 10.2 Å². The topological polar surface area (TPSA) is 78.9 Å². The first kappa shape index (κ1) is 21.6. The molecule has 0 atom stereocenters. The van der Waals surface area contributed by atoms with E-state index in [0.717, 1.165) is 31.6 Å². The molecule has 0 bridgehead atoms. The van der Waals surface area contributed by atoms with E-state index in [4.69, 9.17) is 16.4 Å². The van der Waals surface area contributed by atoms with E-state index in [-0.39, 0.29) is 15.5 Å². The molecule has 2 aromatic carbocycles. The van der Waals surface area contributed by atoms with Crippen LogP contribution in [0.15, 0.2) is 47.4 Å². The van der Waals surface area contributed by atoms with Gasteiger partial charge in [0.15, 0.2) is 0 Å². The van der Waals surface area contributed by atoms with Crippen molar-refractivity contribution in [3.63, 3.8) is 0 Å². The molecule has 1 amide bonds. The van der Waals surface area contributed by atoms with E-state index in [1.807, 2.05) is 24.3 Å². The van der Waals surface area contributed by atoms with Crippen LogP contribution in [0.4, 0.5) is 11.4 Å². The average molecular weight is 438 g/mol. The summed E-state index contributed by atoms with van der Waals surface area (Å²) in [6.07, 6.45) is 3.45. The van der Waals surface area contributed by atoms with Crippen molar-refractivity contribution in [2.45, 2.75) is 24.2 Å². The number of para-hydroxylation sites is 2. The van der Waals surface area contributed by atoms with Crippen molar-refractivity contribution in [3.05, 3.63) is 53.1 Å². The van der Waals surface area contributed by atoms with E-state index in [2.05, 4.69) is 10.2 Å². The highest BCUT2D eigenvalue weighted by molar-refractivity contribution is 7.89. The number of halogens is 1. The van der Waals surface area contributed by atoms with Gasteiger partial charge in [0.05, 0.1) is 23.5 Å². The molecular weight excluding hydrogens is 414 g/mol. The molecule has 1 heterocycles. The monoisotopic (exact) mass is 437 g/mol. The third kappa shape index (κ3) is 4.72. The lowest BCUT2D eigenvalue weighted by Crippen LogP contribution is -2.30. The zero-order valence-corrected chi connectivity index (χ0v) is 18.0. The number of anilines is 2. The first-order valence-corrected chi connectivity index (χ1v) is 11.1. The number of amides is 1. The highest BCUT2D eigenvalue weighted by atomic mass is 35.5. The van der Waals surface area contributed by atoms with E-state index in [1.165, 1.54) is 38.8 Å². The first-order chi connectivity index (χ1) is 13.8. The van der Waals surface area contributed by atoms with Crippen LogP contribution in [0.3, 0.4) is 0 Å². The van der Waals surface area contributed by atoms with Gasteiger partial charge < -0.3 is 10.2 Å². The maximum atomic E-state index is 12.9. The molecule has 1 fully saturated rings. The molecule has 156 valence electrons. The summed E-state index contributed by atoms with van der Waals surface area (Å²) in [6, 6.07) is 11.8. The number of nitrogens with one attached hydrogen (secondary N) is 1. The predicted octanol–water partition coefficient (Wildman–Crippen LogP) is 3.76. The molecule has 1 aliphatic heterocycles. The normalized spacial score (nSPS) is 14.8. The Morgan fingerprint density at radius 3 is 2.52 bits per heavy atom. The zero-order valence-electron chi connectivity index (χ0n) is 16.4. The fraction of sp³-hybridized carbons (Fsp3) is 0.350. The van der Waals surface area contributed by atoms with Crippen LogP contribution in [0.5, 0.6) is 0 Å². The van der Waals surface area contributed by atoms with Gasteiger partial charge in [-0.1, -0.05) is 28.2 Å². The number of piperidine rings is 1. The second-order valence-electron chi connectivity index (χ2n) is 6.76. The number of benzene rings is 2. The fourth-order valence-corrected chi connectivity index (χ4v) is 4.74. The fourth-order valence-electron chi connectivity index (χ4n) is 3.26. The quantitative estimate of drug-likeness (QED) is 0.696. The lowest BCUT2D eigenvalue weighted by molar-refractivity contribution is -0.0258. The van der Waals surface area contributed by atoms with Gasteiger partial charge in [-0.3, -0.25) is 9.63 Å². The van der Waals surface area contributed by atoms with E-state index < -0.39 is 15.9 Å². The minimum Gasteiger partial charge on any atom is -0.370 e. The maximum Gasteiger partial charge on any atom is 0.266 e. The van der Waals surface area contributed by atoms with Crippen LogP contribution in [-0.4, -0.2) is 46.0 Å². The molecule has 9 heteroatoms. The number of rotatable bonds is 6. The van der Waals surface area contributed by atoms with E-state index in [0.29, 0.717) is 10.2 Å². The van der Waals surface area contributed by atoms with Gasteiger partial charge >= 0.3 is 0 Å². The van der Waals surface area contributed by atoms with Crippen molar-refractivity contribution < 1.29 is 18.0 Å². The number of hydrogen-bond donors (Lipinski definition) is 1. The van der Waals surface area contributed by atoms with Gasteiger partial charge in [-0.25, -0.2) is 8.42 Å². The highest BCUT2D eigenvalue weighted by Gasteiger charge is 2.25. The summed E-state index contributed by atoms with van der Waals surface area (Å²) in [7, 11) is -1.49. The molecule has 2 aromatic rings. The summed E-state index contributed by atoms with van der Waals surface area (Å²) in [4.78, 5) is 19.7. The number of carbonyl (C=O) groups is 1. The molecule has 0 spiro atoms. The van der Waals surface area contributed by atoms with Gasteiger partial charge in [0.2, 0.25) is 0 Å². The van der Waals surface area contributed by atoms with Crippen LogP contribution in [0, 0.1) is 0 Å². The largest absolute Gasteiger partial charge is 0.370 e. The van der Waals surface area contributed by atoms with Crippen molar-refractivity contribution >= 4 is 38.9 Å². The Labute approximate surface area is 176 Å². The lowest BCUT2D eigenvalue weighted by atomic mass is 10.1. The molecule has 1 N–H and O–H groups in total. The van der Waals surface area contributed by atoms with Crippen LogP contribution in [0.25, 0.3) is 0 Å². The summed E-state index contributed by atoms with van der Waals surface area (Å²) in [5.41, 5.74) is 1.83. The standard InChI is InChI=1S/C20H24ClN3O4S/c1-23(28-2)29(26,27)19-14-15(10-11-16(19)21)20(25)22-17-8-4-5-9-18(17)24-12-6-3-7-13-24/h4-5,8-11,14H,3,6-7,12-13H2,1-2H3,(H,22,25). The number of hydrogen-bond acceptors (Lipinski definition) is 5. The van der Waals surface area contributed by atoms with E-state index in [1.54, 1.807) is 0 Å². The third-order valence-corrected chi connectivity index (χ3v) is 7.08. The van der Waals surface area contributed by atoms with Crippen LogP contribution in [0.1, 0.15) is 29.6 Å². The Balaban J connectivity index is 1.88. The van der Waals surface area contributed by atoms with Crippen molar-refractivity contribution in [1.82, 2.24) is 4.47 Å². The number of nitrogens with zero attached hydrogens (tertiary/aromatic N) is 2. The van der Waals surface area contributed by atoms with Crippen LogP contribution in [0.2, 0.25) is 5.02 Å². The number of carbonyl (C=O) groups excluding carboxylic acids is 1. The third-order valence-electron chi connectivity index (χ3n) is 4.92. The summed E-state index contributed by atoms with van der Waals surface area (Å²) in [5, 5.41) is 2.92. The lowest BCUT2D eigenvalue weighted by Gasteiger charge is -2.30. The smallest absolute Gasteiger partial charge is 0.266 e. The van der Waals surface area contributed by atoms with Gasteiger partial charge in [0.1, 0.15) is 4.90 Å². The van der Waals surface area contributed by atoms with E-state index in [9.17, 15) is 13.2 Å². The maximum absolute atomic E-state index is 12.9. The minimum absolute atomic E-state index is 0.0131. The van der Waals surface area contributed by atoms with Gasteiger partial charge in [-0.15, -0.1) is 0 Å². The second-order valence-corrected chi connectivity index (χ2v) is 9.07. The second kappa shape index (κ2) is 9.13. The molecule has 29 heavy (non-hydrogen) atoms. The molecule has 0 saturated carbocycles. The average Bonchev–Trinajstić information content (AvgIpc) is 2.74. The van der Waals surface area contributed by atoms with Crippen LogP contribution >= 0.6 is 11.6 Å². The van der Waals surface area contributed by atoms with Gasteiger partial charge in [0, 0.05) is 25.7 Å². The molecule has 7 nitrogen and oxygen atoms in total. The van der Waals surface area contributed by atoms with Crippen molar-refractivity contribution in [3.8, 4) is 0 Å². The SMILES string of the molecule is CON(C)S(=O)(=O)c1cc(C(=O)Nc2ccccc2N2CCCCC2)ccc1Cl. The molecule has 0 aromatic heterocycles. The summed E-state index contributed by atoms with van der Waals surface area (Å²) < 4.78 is 25.8.